The smallest absolute Gasteiger partial charge is 0.0642 e. The van der Waals surface area contributed by atoms with Crippen molar-refractivity contribution in [2.24, 2.45) is 0 Å². The molecule has 0 spiro atoms. The second kappa shape index (κ2) is 10.1. The third-order valence-corrected chi connectivity index (χ3v) is 2.53. The molecule has 3 heteroatoms. The van der Waals surface area contributed by atoms with Gasteiger partial charge in [-0.2, -0.15) is 0 Å². The molecule has 1 aliphatic rings. The van der Waals surface area contributed by atoms with Gasteiger partial charge in [0.25, 0.3) is 0 Å². The molecular weight excluding hydrogens is 252 g/mol. The van der Waals surface area contributed by atoms with Gasteiger partial charge in [0.2, 0.25) is 0 Å². The third-order valence-electron chi connectivity index (χ3n) is 2.20. The number of hydrogen-bond donors (Lipinski definition) is 0. The molecule has 1 heterocycles. The lowest BCUT2D eigenvalue weighted by molar-refractivity contribution is 0.303. The predicted octanol–water partition coefficient (Wildman–Crippen LogP) is 1.27. The van der Waals surface area contributed by atoms with E-state index in [4.69, 9.17) is 12.8 Å². The molecule has 0 N–H and O–H groups in total. The van der Waals surface area contributed by atoms with Gasteiger partial charge in [0.15, 0.2) is 0 Å². The number of likely N-dealkylation sites (N-methyl/N-ethyl adjacent to an activating group) is 1. The monoisotopic (exact) mass is 270 g/mol. The molecule has 84 valence electrons. The molecule has 2 nitrogen and oxygen atoms in total. The summed E-state index contributed by atoms with van der Waals surface area (Å²) in [5, 5.41) is 0.660. The van der Waals surface area contributed by atoms with E-state index in [9.17, 15) is 0 Å². The molecule has 0 bridgehead atoms. The molecule has 0 aliphatic carbocycles. The maximum absolute atomic E-state index is 5.24. The highest BCUT2D eigenvalue weighted by atomic mass is 79.9. The van der Waals surface area contributed by atoms with Gasteiger partial charge in [0.1, 0.15) is 0 Å². The maximum atomic E-state index is 5.24. The van der Waals surface area contributed by atoms with E-state index in [1.807, 2.05) is 0 Å². The van der Waals surface area contributed by atoms with Gasteiger partial charge in [0, 0.05) is 19.6 Å². The Kier molecular flexibility index (Phi) is 9.73. The summed E-state index contributed by atoms with van der Waals surface area (Å²) in [5.41, 5.74) is 0. The van der Waals surface area contributed by atoms with Crippen LogP contribution in [0.15, 0.2) is 0 Å². The first-order valence-corrected chi connectivity index (χ1v) is 6.20. The lowest BCUT2D eigenvalue weighted by Gasteiger charge is -2.16. The van der Waals surface area contributed by atoms with Gasteiger partial charge in [-0.1, -0.05) is 27.8 Å². The maximum Gasteiger partial charge on any atom is 0.0642 e. The fraction of sp³-hybridized carbons (Fsp3) is 0.667. The van der Waals surface area contributed by atoms with Gasteiger partial charge >= 0.3 is 0 Å². The van der Waals surface area contributed by atoms with Crippen LogP contribution < -0.4 is 0 Å². The minimum absolute atomic E-state index is 0.660. The van der Waals surface area contributed by atoms with Crippen molar-refractivity contribution in [1.29, 1.82) is 0 Å². The van der Waals surface area contributed by atoms with Crippen molar-refractivity contribution >= 4 is 15.9 Å². The van der Waals surface area contributed by atoms with E-state index in [-0.39, 0.29) is 0 Å². The summed E-state index contributed by atoms with van der Waals surface area (Å²) in [6.45, 7) is 5.46. The molecule has 0 aromatic heterocycles. The van der Waals surface area contributed by atoms with E-state index in [2.05, 4.69) is 44.6 Å². The normalized spacial score (nSPS) is 17.9. The van der Waals surface area contributed by atoms with Crippen LogP contribution in [0.1, 0.15) is 6.42 Å². The second-order valence-electron chi connectivity index (χ2n) is 3.47. The zero-order valence-electron chi connectivity index (χ0n) is 9.38. The van der Waals surface area contributed by atoms with Crippen LogP contribution in [0.3, 0.4) is 0 Å². The first-order valence-electron chi connectivity index (χ1n) is 5.08. The molecule has 1 rings (SSSR count). The summed E-state index contributed by atoms with van der Waals surface area (Å²) in [6, 6.07) is 0. The fourth-order valence-electron chi connectivity index (χ4n) is 1.39. The Morgan fingerprint density at radius 2 is 1.80 bits per heavy atom. The zero-order valence-corrected chi connectivity index (χ0v) is 11.0. The minimum Gasteiger partial charge on any atom is -0.305 e. The molecule has 0 saturated carbocycles. The molecule has 1 saturated heterocycles. The van der Waals surface area contributed by atoms with Crippen LogP contribution in [0, 0.1) is 24.7 Å². The van der Waals surface area contributed by atoms with Gasteiger partial charge in [-0.05, 0) is 20.0 Å². The lowest BCUT2D eigenvalue weighted by atomic mass is 10.4. The van der Waals surface area contributed by atoms with Crippen molar-refractivity contribution in [2.45, 2.75) is 6.42 Å². The highest BCUT2D eigenvalue weighted by Crippen LogP contribution is 1.99. The van der Waals surface area contributed by atoms with Crippen molar-refractivity contribution < 1.29 is 0 Å². The quantitative estimate of drug-likeness (QED) is 0.523. The molecule has 1 aliphatic heterocycles. The Bertz CT molecular complexity index is 227. The molecule has 0 amide bonds. The van der Waals surface area contributed by atoms with Crippen LogP contribution in [0.2, 0.25) is 0 Å². The van der Waals surface area contributed by atoms with Crippen LogP contribution in [-0.4, -0.2) is 54.9 Å². The summed E-state index contributed by atoms with van der Waals surface area (Å²) in [6.07, 6.45) is 11.2. The van der Waals surface area contributed by atoms with Crippen molar-refractivity contribution in [2.75, 3.05) is 45.1 Å². The molecule has 0 aromatic rings. The number of alkyl halides is 1. The first kappa shape index (κ1) is 14.5. The summed E-state index contributed by atoms with van der Waals surface area (Å²) in [4.78, 5) is 4.69. The van der Waals surface area contributed by atoms with E-state index < -0.39 is 0 Å². The van der Waals surface area contributed by atoms with Crippen LogP contribution in [0.5, 0.6) is 0 Å². The Labute approximate surface area is 102 Å². The van der Waals surface area contributed by atoms with E-state index >= 15 is 0 Å². The predicted molar refractivity (Wildman–Crippen MR) is 70.0 cm³/mol. The summed E-state index contributed by atoms with van der Waals surface area (Å²) in [7, 11) is 2.17. The van der Waals surface area contributed by atoms with Crippen molar-refractivity contribution in [3.63, 3.8) is 0 Å². The van der Waals surface area contributed by atoms with E-state index in [0.717, 1.165) is 26.2 Å². The van der Waals surface area contributed by atoms with Crippen LogP contribution >= 0.6 is 15.9 Å². The molecular formula is C12H19BrN2. The SMILES string of the molecule is C#CCBr.C#CCN1CCCN(C)CC1. The number of rotatable bonds is 1. The van der Waals surface area contributed by atoms with Crippen LogP contribution in [0.25, 0.3) is 0 Å². The average Bonchev–Trinajstić information content (AvgIpc) is 2.45. The van der Waals surface area contributed by atoms with Gasteiger partial charge in [-0.25, -0.2) is 0 Å². The van der Waals surface area contributed by atoms with Gasteiger partial charge in [0.05, 0.1) is 11.9 Å². The third kappa shape index (κ3) is 8.51. The van der Waals surface area contributed by atoms with Crippen LogP contribution in [0.4, 0.5) is 0 Å². The Morgan fingerprint density at radius 3 is 2.33 bits per heavy atom. The summed E-state index contributed by atoms with van der Waals surface area (Å²) < 4.78 is 0. The second-order valence-corrected chi connectivity index (χ2v) is 4.04. The van der Waals surface area contributed by atoms with Crippen molar-refractivity contribution in [3.8, 4) is 24.7 Å². The highest BCUT2D eigenvalue weighted by Gasteiger charge is 2.09. The Balaban J connectivity index is 0.000000423. The number of terminal acetylenes is 2. The summed E-state index contributed by atoms with van der Waals surface area (Å²) >= 11 is 3.01. The fourth-order valence-corrected chi connectivity index (χ4v) is 1.39. The Morgan fingerprint density at radius 1 is 1.13 bits per heavy atom. The molecule has 0 radical (unpaired) electrons. The standard InChI is InChI=1S/C9H16N2.C3H3Br/c1-3-5-11-7-4-6-10(2)8-9-11;1-2-3-4/h1H,4-9H2,2H3;1H,3H2. The number of nitrogens with zero attached hydrogens (tertiary/aromatic N) is 2. The number of hydrogen-bond acceptors (Lipinski definition) is 2. The zero-order chi connectivity index (χ0) is 11.5. The van der Waals surface area contributed by atoms with Crippen LogP contribution in [-0.2, 0) is 0 Å². The number of halogens is 1. The lowest BCUT2D eigenvalue weighted by Crippen LogP contribution is -2.29. The molecule has 0 unspecified atom stereocenters. The van der Waals surface area contributed by atoms with E-state index in [0.29, 0.717) is 5.33 Å². The first-order chi connectivity index (χ1) is 7.24. The van der Waals surface area contributed by atoms with Crippen molar-refractivity contribution in [3.05, 3.63) is 0 Å². The van der Waals surface area contributed by atoms with Gasteiger partial charge in [-0.3, -0.25) is 4.90 Å². The topological polar surface area (TPSA) is 6.48 Å². The van der Waals surface area contributed by atoms with Gasteiger partial charge in [-0.15, -0.1) is 12.8 Å². The highest BCUT2D eigenvalue weighted by molar-refractivity contribution is 9.09. The van der Waals surface area contributed by atoms with Crippen molar-refractivity contribution in [1.82, 2.24) is 9.80 Å². The largest absolute Gasteiger partial charge is 0.305 e. The Hall–Kier alpha value is -0.480. The summed E-state index contributed by atoms with van der Waals surface area (Å²) in [5.74, 6) is 5.03. The van der Waals surface area contributed by atoms with E-state index in [1.54, 1.807) is 0 Å². The van der Waals surface area contributed by atoms with E-state index in [1.165, 1.54) is 13.0 Å². The molecule has 0 aromatic carbocycles. The molecule has 15 heavy (non-hydrogen) atoms. The minimum atomic E-state index is 0.660. The van der Waals surface area contributed by atoms with Gasteiger partial charge < -0.3 is 4.90 Å². The molecule has 1 fully saturated rings. The molecule has 0 atom stereocenters. The average molecular weight is 271 g/mol.